The fourth-order valence-electron chi connectivity index (χ4n) is 2.59. The van der Waals surface area contributed by atoms with Crippen molar-refractivity contribution in [2.75, 3.05) is 14.2 Å². The molecule has 2 aromatic rings. The molecule has 5 heteroatoms. The molecule has 0 bridgehead atoms. The van der Waals surface area contributed by atoms with Crippen molar-refractivity contribution in [1.29, 1.82) is 0 Å². The number of ether oxygens (including phenoxy) is 2. The van der Waals surface area contributed by atoms with Gasteiger partial charge in [-0.25, -0.2) is 4.99 Å². The number of rotatable bonds is 4. The number of amidine groups is 1. The molecule has 1 N–H and O–H groups in total. The molecular weight excluding hydrogens is 304 g/mol. The third-order valence-corrected chi connectivity index (χ3v) is 3.71. The van der Waals surface area contributed by atoms with Crippen molar-refractivity contribution in [2.45, 2.75) is 6.92 Å². The Morgan fingerprint density at radius 2 is 1.71 bits per heavy atom. The van der Waals surface area contributed by atoms with Gasteiger partial charge < -0.3 is 14.8 Å². The smallest absolute Gasteiger partial charge is 0.275 e. The second-order valence-electron chi connectivity index (χ2n) is 5.40. The summed E-state index contributed by atoms with van der Waals surface area (Å²) in [4.78, 5) is 16.7. The number of aryl methyl sites for hydroxylation is 1. The molecule has 0 saturated heterocycles. The van der Waals surface area contributed by atoms with Crippen LogP contribution in [0.1, 0.15) is 16.7 Å². The number of benzene rings is 2. The Balaban J connectivity index is 2.04. The molecule has 0 spiro atoms. The van der Waals surface area contributed by atoms with Gasteiger partial charge in [0.25, 0.3) is 5.91 Å². The van der Waals surface area contributed by atoms with Crippen molar-refractivity contribution in [1.82, 2.24) is 5.32 Å². The first-order valence-corrected chi connectivity index (χ1v) is 7.52. The lowest BCUT2D eigenvalue weighted by atomic mass is 10.1. The highest BCUT2D eigenvalue weighted by atomic mass is 16.5. The van der Waals surface area contributed by atoms with Gasteiger partial charge in [-0.2, -0.15) is 0 Å². The van der Waals surface area contributed by atoms with Crippen LogP contribution in [0.4, 0.5) is 0 Å². The lowest BCUT2D eigenvalue weighted by Crippen LogP contribution is -2.25. The van der Waals surface area contributed by atoms with Crippen molar-refractivity contribution in [2.24, 2.45) is 4.99 Å². The minimum Gasteiger partial charge on any atom is -0.496 e. The molecule has 5 nitrogen and oxygen atoms in total. The van der Waals surface area contributed by atoms with Gasteiger partial charge in [0, 0.05) is 0 Å². The fraction of sp³-hybridized carbons (Fsp3) is 0.158. The molecule has 0 aromatic heterocycles. The quantitative estimate of drug-likeness (QED) is 0.881. The first-order valence-electron chi connectivity index (χ1n) is 7.52. The van der Waals surface area contributed by atoms with Crippen LogP contribution in [0.2, 0.25) is 0 Å². The number of amides is 1. The van der Waals surface area contributed by atoms with E-state index in [1.807, 2.05) is 37.3 Å². The molecule has 0 fully saturated rings. The molecule has 3 rings (SSSR count). The van der Waals surface area contributed by atoms with Gasteiger partial charge in [-0.3, -0.25) is 4.79 Å². The Bertz CT molecular complexity index is 831. The van der Waals surface area contributed by atoms with E-state index >= 15 is 0 Å². The van der Waals surface area contributed by atoms with E-state index in [2.05, 4.69) is 10.3 Å². The lowest BCUT2D eigenvalue weighted by molar-refractivity contribution is -0.115. The molecule has 0 radical (unpaired) electrons. The molecule has 122 valence electrons. The Morgan fingerprint density at radius 1 is 1.04 bits per heavy atom. The number of hydrogen-bond donors (Lipinski definition) is 1. The monoisotopic (exact) mass is 322 g/mol. The first-order chi connectivity index (χ1) is 11.6. The molecule has 0 saturated carbocycles. The standard InChI is InChI=1S/C19H18N2O3/c1-12-6-4-7-13(10-12)11-14-19(22)21-18(20-14)17-15(23-2)8-5-9-16(17)24-3/h4-11H,1-3H3,(H,20,21,22)/b14-11+. The average Bonchev–Trinajstić information content (AvgIpc) is 2.94. The van der Waals surface area contributed by atoms with E-state index in [9.17, 15) is 4.79 Å². The van der Waals surface area contributed by atoms with E-state index in [0.29, 0.717) is 28.6 Å². The van der Waals surface area contributed by atoms with Gasteiger partial charge in [0.2, 0.25) is 0 Å². The van der Waals surface area contributed by atoms with Gasteiger partial charge in [0.1, 0.15) is 28.6 Å². The molecular formula is C19H18N2O3. The predicted octanol–water partition coefficient (Wildman–Crippen LogP) is 2.93. The van der Waals surface area contributed by atoms with E-state index in [4.69, 9.17) is 9.47 Å². The maximum atomic E-state index is 12.3. The van der Waals surface area contributed by atoms with Crippen molar-refractivity contribution in [3.63, 3.8) is 0 Å². The number of nitrogens with one attached hydrogen (secondary N) is 1. The van der Waals surface area contributed by atoms with Crippen molar-refractivity contribution < 1.29 is 14.3 Å². The summed E-state index contributed by atoms with van der Waals surface area (Å²) < 4.78 is 10.7. The van der Waals surface area contributed by atoms with Crippen molar-refractivity contribution in [3.05, 3.63) is 64.9 Å². The zero-order chi connectivity index (χ0) is 17.1. The lowest BCUT2D eigenvalue weighted by Gasteiger charge is -2.12. The summed E-state index contributed by atoms with van der Waals surface area (Å²) in [5.41, 5.74) is 3.03. The third kappa shape index (κ3) is 3.01. The molecule has 1 amide bonds. The summed E-state index contributed by atoms with van der Waals surface area (Å²) in [5.74, 6) is 1.35. The molecule has 24 heavy (non-hydrogen) atoms. The largest absolute Gasteiger partial charge is 0.496 e. The van der Waals surface area contributed by atoms with Crippen LogP contribution < -0.4 is 14.8 Å². The number of aliphatic imine (C=N–C) groups is 1. The van der Waals surface area contributed by atoms with Gasteiger partial charge in [-0.05, 0) is 30.7 Å². The topological polar surface area (TPSA) is 59.9 Å². The SMILES string of the molecule is COc1cccc(OC)c1C1=N/C(=C/c2cccc(C)c2)C(=O)N1. The summed E-state index contributed by atoms with van der Waals surface area (Å²) in [5, 5.41) is 2.79. The van der Waals surface area contributed by atoms with E-state index in [-0.39, 0.29) is 5.91 Å². The highest BCUT2D eigenvalue weighted by molar-refractivity contribution is 6.21. The molecule has 0 unspecified atom stereocenters. The Morgan fingerprint density at radius 3 is 2.33 bits per heavy atom. The first kappa shape index (κ1) is 15.8. The van der Waals surface area contributed by atoms with Gasteiger partial charge in [0.05, 0.1) is 14.2 Å². The van der Waals surface area contributed by atoms with Crippen LogP contribution >= 0.6 is 0 Å². The zero-order valence-corrected chi connectivity index (χ0v) is 13.8. The Kier molecular flexibility index (Phi) is 4.33. The highest BCUT2D eigenvalue weighted by Gasteiger charge is 2.26. The third-order valence-electron chi connectivity index (χ3n) is 3.71. The molecule has 0 aliphatic carbocycles. The second kappa shape index (κ2) is 6.58. The van der Waals surface area contributed by atoms with Crippen LogP contribution in [0, 0.1) is 6.92 Å². The number of methoxy groups -OCH3 is 2. The van der Waals surface area contributed by atoms with Crippen LogP contribution in [0.3, 0.4) is 0 Å². The Labute approximate surface area is 140 Å². The maximum Gasteiger partial charge on any atom is 0.275 e. The zero-order valence-electron chi connectivity index (χ0n) is 13.8. The molecule has 1 aliphatic rings. The fourth-order valence-corrected chi connectivity index (χ4v) is 2.59. The Hall–Kier alpha value is -3.08. The molecule has 1 aliphatic heterocycles. The van der Waals surface area contributed by atoms with Crippen molar-refractivity contribution >= 4 is 17.8 Å². The van der Waals surface area contributed by atoms with Crippen molar-refractivity contribution in [3.8, 4) is 11.5 Å². The van der Waals surface area contributed by atoms with Crippen LogP contribution in [0.25, 0.3) is 6.08 Å². The predicted molar refractivity (Wildman–Crippen MR) is 93.4 cm³/mol. The van der Waals surface area contributed by atoms with Crippen LogP contribution in [-0.4, -0.2) is 26.0 Å². The van der Waals surface area contributed by atoms with Gasteiger partial charge >= 0.3 is 0 Å². The van der Waals surface area contributed by atoms with E-state index < -0.39 is 0 Å². The normalized spacial score (nSPS) is 15.2. The second-order valence-corrected chi connectivity index (χ2v) is 5.40. The summed E-state index contributed by atoms with van der Waals surface area (Å²) in [6, 6.07) is 13.3. The maximum absolute atomic E-state index is 12.3. The molecule has 2 aromatic carbocycles. The summed E-state index contributed by atoms with van der Waals surface area (Å²) in [6.07, 6.45) is 1.76. The number of hydrogen-bond acceptors (Lipinski definition) is 4. The number of carbonyl (C=O) groups is 1. The molecule has 0 atom stereocenters. The average molecular weight is 322 g/mol. The minimum atomic E-state index is -0.250. The summed E-state index contributed by atoms with van der Waals surface area (Å²) >= 11 is 0. The van der Waals surface area contributed by atoms with E-state index in [0.717, 1.165) is 11.1 Å². The summed E-state index contributed by atoms with van der Waals surface area (Å²) in [6.45, 7) is 2.01. The van der Waals surface area contributed by atoms with Crippen LogP contribution in [-0.2, 0) is 4.79 Å². The summed E-state index contributed by atoms with van der Waals surface area (Å²) in [7, 11) is 3.14. The number of nitrogens with zero attached hydrogens (tertiary/aromatic N) is 1. The van der Waals surface area contributed by atoms with E-state index in [1.54, 1.807) is 32.4 Å². The van der Waals surface area contributed by atoms with E-state index in [1.165, 1.54) is 0 Å². The van der Waals surface area contributed by atoms with Gasteiger partial charge in [0.15, 0.2) is 0 Å². The highest BCUT2D eigenvalue weighted by Crippen LogP contribution is 2.30. The van der Waals surface area contributed by atoms with Crippen LogP contribution in [0.5, 0.6) is 11.5 Å². The van der Waals surface area contributed by atoms with Gasteiger partial charge in [-0.15, -0.1) is 0 Å². The molecule has 1 heterocycles. The van der Waals surface area contributed by atoms with Gasteiger partial charge in [-0.1, -0.05) is 35.9 Å². The number of carbonyl (C=O) groups excluding carboxylic acids is 1. The van der Waals surface area contributed by atoms with Crippen LogP contribution in [0.15, 0.2) is 53.2 Å². The minimum absolute atomic E-state index is 0.250.